The predicted molar refractivity (Wildman–Crippen MR) is 59.0 cm³/mol. The Bertz CT molecular complexity index is 527. The van der Waals surface area contributed by atoms with E-state index in [1.165, 1.54) is 0 Å². The number of anilines is 1. The van der Waals surface area contributed by atoms with Crippen LogP contribution in [0.2, 0.25) is 0 Å². The van der Waals surface area contributed by atoms with Crippen molar-refractivity contribution in [3.63, 3.8) is 0 Å². The molecular weight excluding hydrogens is 227 g/mol. The number of H-pyrrole nitrogens is 1. The first-order valence-electron chi connectivity index (χ1n) is 4.83. The predicted octanol–water partition coefficient (Wildman–Crippen LogP) is 2.07. The molecule has 0 aliphatic carbocycles. The highest BCUT2D eigenvalue weighted by Crippen LogP contribution is 2.25. The van der Waals surface area contributed by atoms with E-state index < -0.39 is 10.7 Å². The lowest BCUT2D eigenvalue weighted by Gasteiger charge is -2.05. The lowest BCUT2D eigenvalue weighted by Crippen LogP contribution is -2.04. The number of aromatic amines is 1. The van der Waals surface area contributed by atoms with Crippen molar-refractivity contribution in [1.29, 1.82) is 0 Å². The van der Waals surface area contributed by atoms with Crippen molar-refractivity contribution < 1.29 is 9.31 Å². The van der Waals surface area contributed by atoms with Gasteiger partial charge in [-0.3, -0.25) is 10.1 Å². The van der Waals surface area contributed by atoms with Crippen LogP contribution in [0.3, 0.4) is 0 Å². The molecule has 0 spiro atoms. The van der Waals surface area contributed by atoms with Gasteiger partial charge in [-0.2, -0.15) is 0 Å². The number of imidazole rings is 1. The average Bonchev–Trinajstić information content (AvgIpc) is 2.78. The molecule has 0 bridgehead atoms. The summed E-state index contributed by atoms with van der Waals surface area (Å²) in [7, 11) is 0. The number of halogens is 1. The molecular formula is C10H9FN4O2. The molecule has 2 aromatic rings. The van der Waals surface area contributed by atoms with Crippen molar-refractivity contribution >= 4 is 11.4 Å². The molecule has 0 fully saturated rings. The number of nitro benzene ring substituents is 1. The maximum Gasteiger partial charge on any atom is 0.292 e. The summed E-state index contributed by atoms with van der Waals surface area (Å²) < 4.78 is 13.0. The number of hydrogen-bond donors (Lipinski definition) is 2. The van der Waals surface area contributed by atoms with Crippen LogP contribution in [-0.2, 0) is 6.54 Å². The van der Waals surface area contributed by atoms with Gasteiger partial charge in [-0.1, -0.05) is 0 Å². The normalized spacial score (nSPS) is 10.2. The van der Waals surface area contributed by atoms with Crippen molar-refractivity contribution in [2.24, 2.45) is 0 Å². The van der Waals surface area contributed by atoms with Gasteiger partial charge in [0.25, 0.3) is 5.69 Å². The molecule has 0 radical (unpaired) electrons. The number of hydrogen-bond acceptors (Lipinski definition) is 4. The molecule has 0 saturated carbocycles. The summed E-state index contributed by atoms with van der Waals surface area (Å²) in [5.41, 5.74) is -0.0376. The van der Waals surface area contributed by atoms with E-state index in [-0.39, 0.29) is 17.9 Å². The summed E-state index contributed by atoms with van der Waals surface area (Å²) in [6.45, 7) is 0.261. The standard InChI is InChI=1S/C10H9FN4O2/c11-7-1-2-9(15(16)17)8(5-7)14-6-10-12-3-4-13-10/h1-5,14H,6H2,(H,12,13). The number of aromatic nitrogens is 2. The second-order valence-electron chi connectivity index (χ2n) is 3.31. The van der Waals surface area contributed by atoms with Crippen LogP contribution in [0.15, 0.2) is 30.6 Å². The SMILES string of the molecule is O=[N+]([O-])c1ccc(F)cc1NCc1ncc[nH]1. The monoisotopic (exact) mass is 236 g/mol. The molecule has 0 amide bonds. The van der Waals surface area contributed by atoms with Gasteiger partial charge in [0.1, 0.15) is 17.3 Å². The molecule has 0 unspecified atom stereocenters. The first-order chi connectivity index (χ1) is 8.16. The van der Waals surface area contributed by atoms with Gasteiger partial charge in [-0.15, -0.1) is 0 Å². The van der Waals surface area contributed by atoms with Crippen LogP contribution in [0.4, 0.5) is 15.8 Å². The molecule has 2 N–H and O–H groups in total. The third-order valence-electron chi connectivity index (χ3n) is 2.16. The van der Waals surface area contributed by atoms with Gasteiger partial charge in [-0.25, -0.2) is 9.37 Å². The minimum Gasteiger partial charge on any atom is -0.372 e. The van der Waals surface area contributed by atoms with Crippen molar-refractivity contribution in [3.8, 4) is 0 Å². The highest BCUT2D eigenvalue weighted by Gasteiger charge is 2.14. The Balaban J connectivity index is 2.19. The van der Waals surface area contributed by atoms with Crippen molar-refractivity contribution in [1.82, 2.24) is 9.97 Å². The first kappa shape index (κ1) is 11.1. The van der Waals surface area contributed by atoms with E-state index in [2.05, 4.69) is 15.3 Å². The topological polar surface area (TPSA) is 83.8 Å². The Morgan fingerprint density at radius 1 is 1.53 bits per heavy atom. The molecule has 6 nitrogen and oxygen atoms in total. The molecule has 88 valence electrons. The van der Waals surface area contributed by atoms with Crippen LogP contribution >= 0.6 is 0 Å². The van der Waals surface area contributed by atoms with E-state index in [1.54, 1.807) is 12.4 Å². The molecule has 2 rings (SSSR count). The third kappa shape index (κ3) is 2.57. The van der Waals surface area contributed by atoms with E-state index >= 15 is 0 Å². The number of rotatable bonds is 4. The molecule has 17 heavy (non-hydrogen) atoms. The highest BCUT2D eigenvalue weighted by atomic mass is 19.1. The average molecular weight is 236 g/mol. The van der Waals surface area contributed by atoms with Crippen LogP contribution in [0.25, 0.3) is 0 Å². The zero-order valence-corrected chi connectivity index (χ0v) is 8.68. The molecule has 0 aliphatic heterocycles. The second kappa shape index (κ2) is 4.60. The third-order valence-corrected chi connectivity index (χ3v) is 2.16. The fraction of sp³-hybridized carbons (Fsp3) is 0.100. The van der Waals surface area contributed by atoms with Gasteiger partial charge < -0.3 is 10.3 Å². The summed E-state index contributed by atoms with van der Waals surface area (Å²) in [4.78, 5) is 16.9. The van der Waals surface area contributed by atoms with Gasteiger partial charge in [0.05, 0.1) is 11.5 Å². The van der Waals surface area contributed by atoms with Crippen molar-refractivity contribution in [2.45, 2.75) is 6.54 Å². The minimum atomic E-state index is -0.566. The highest BCUT2D eigenvalue weighted by molar-refractivity contribution is 5.61. The Morgan fingerprint density at radius 2 is 2.35 bits per heavy atom. The zero-order chi connectivity index (χ0) is 12.3. The zero-order valence-electron chi connectivity index (χ0n) is 8.68. The van der Waals surface area contributed by atoms with Crippen LogP contribution in [-0.4, -0.2) is 14.9 Å². The molecule has 1 heterocycles. The maximum atomic E-state index is 13.0. The van der Waals surface area contributed by atoms with E-state index in [0.717, 1.165) is 18.2 Å². The molecule has 1 aromatic carbocycles. The Morgan fingerprint density at radius 3 is 3.00 bits per heavy atom. The van der Waals surface area contributed by atoms with E-state index in [0.29, 0.717) is 5.82 Å². The Labute approximate surface area is 95.7 Å². The molecule has 0 saturated heterocycles. The number of nitrogens with zero attached hydrogens (tertiary/aromatic N) is 2. The fourth-order valence-electron chi connectivity index (χ4n) is 1.38. The van der Waals surface area contributed by atoms with E-state index in [9.17, 15) is 14.5 Å². The number of nitrogens with one attached hydrogen (secondary N) is 2. The first-order valence-corrected chi connectivity index (χ1v) is 4.83. The maximum absolute atomic E-state index is 13.0. The van der Waals surface area contributed by atoms with Crippen LogP contribution in [0.5, 0.6) is 0 Å². The summed E-state index contributed by atoms with van der Waals surface area (Å²) in [6.07, 6.45) is 3.20. The summed E-state index contributed by atoms with van der Waals surface area (Å²) in [5.74, 6) is 0.0844. The largest absolute Gasteiger partial charge is 0.372 e. The summed E-state index contributed by atoms with van der Waals surface area (Å²) in [5, 5.41) is 13.5. The molecule has 7 heteroatoms. The van der Waals surface area contributed by atoms with Crippen molar-refractivity contribution in [3.05, 3.63) is 52.3 Å². The van der Waals surface area contributed by atoms with Gasteiger partial charge in [0.15, 0.2) is 0 Å². The lowest BCUT2D eigenvalue weighted by atomic mass is 10.2. The molecule has 0 aliphatic rings. The van der Waals surface area contributed by atoms with Crippen LogP contribution in [0, 0.1) is 15.9 Å². The van der Waals surface area contributed by atoms with Gasteiger partial charge in [0, 0.05) is 24.5 Å². The van der Waals surface area contributed by atoms with Gasteiger partial charge >= 0.3 is 0 Å². The van der Waals surface area contributed by atoms with E-state index in [4.69, 9.17) is 0 Å². The summed E-state index contributed by atoms with van der Waals surface area (Å²) in [6, 6.07) is 3.26. The summed E-state index contributed by atoms with van der Waals surface area (Å²) >= 11 is 0. The lowest BCUT2D eigenvalue weighted by molar-refractivity contribution is -0.384. The minimum absolute atomic E-state index is 0.131. The smallest absolute Gasteiger partial charge is 0.292 e. The van der Waals surface area contributed by atoms with Crippen molar-refractivity contribution in [2.75, 3.05) is 5.32 Å². The van der Waals surface area contributed by atoms with Crippen LogP contribution < -0.4 is 5.32 Å². The quantitative estimate of drug-likeness (QED) is 0.628. The molecule has 1 aromatic heterocycles. The van der Waals surface area contributed by atoms with Gasteiger partial charge in [-0.05, 0) is 6.07 Å². The van der Waals surface area contributed by atoms with Crippen LogP contribution in [0.1, 0.15) is 5.82 Å². The number of benzene rings is 1. The second-order valence-corrected chi connectivity index (χ2v) is 3.31. The number of nitro groups is 1. The van der Waals surface area contributed by atoms with Gasteiger partial charge in [0.2, 0.25) is 0 Å². The Hall–Kier alpha value is -2.44. The Kier molecular flexibility index (Phi) is 2.99. The fourth-order valence-corrected chi connectivity index (χ4v) is 1.38. The molecule has 0 atom stereocenters. The van der Waals surface area contributed by atoms with E-state index in [1.807, 2.05) is 0 Å².